The van der Waals surface area contributed by atoms with Crippen molar-refractivity contribution in [1.29, 1.82) is 0 Å². The predicted octanol–water partition coefficient (Wildman–Crippen LogP) is 5.03. The van der Waals surface area contributed by atoms with Crippen molar-refractivity contribution in [3.05, 3.63) is 96.1 Å². The Labute approximate surface area is 229 Å². The van der Waals surface area contributed by atoms with Gasteiger partial charge >= 0.3 is 0 Å². The number of carbonyl (C=O) groups excluding carboxylic acids is 2. The molecule has 0 aliphatic rings. The van der Waals surface area contributed by atoms with Crippen molar-refractivity contribution in [3.63, 3.8) is 0 Å². The minimum atomic E-state index is -3.73. The Hall–Kier alpha value is -3.95. The van der Waals surface area contributed by atoms with Crippen LogP contribution in [0.5, 0.6) is 0 Å². The van der Waals surface area contributed by atoms with Crippen LogP contribution in [0.25, 0.3) is 10.8 Å². The first-order valence-corrected chi connectivity index (χ1v) is 14.3. The largest absolute Gasteiger partial charge is 0.308 e. The zero-order valence-corrected chi connectivity index (χ0v) is 23.2. The lowest BCUT2D eigenvalue weighted by atomic mass is 10.1. The van der Waals surface area contributed by atoms with Gasteiger partial charge in [-0.15, -0.1) is 0 Å². The van der Waals surface area contributed by atoms with Crippen molar-refractivity contribution in [2.24, 2.45) is 0 Å². The van der Waals surface area contributed by atoms with Gasteiger partial charge in [-0.05, 0) is 59.5 Å². The number of hydrogen-bond donors (Lipinski definition) is 0. The molecule has 8 nitrogen and oxygen atoms in total. The molecule has 0 fully saturated rings. The molecule has 0 radical (unpaired) electrons. The van der Waals surface area contributed by atoms with Crippen molar-refractivity contribution in [2.45, 2.75) is 44.0 Å². The summed E-state index contributed by atoms with van der Waals surface area (Å²) in [5.41, 5.74) is 1.98. The summed E-state index contributed by atoms with van der Waals surface area (Å²) >= 11 is 0. The lowest BCUT2D eigenvalue weighted by Crippen LogP contribution is -2.32. The van der Waals surface area contributed by atoms with Crippen LogP contribution in [0.1, 0.15) is 48.1 Å². The standard InChI is InChI=1S/C30H32N4O4S/c1-4-5-11-25-16-17-31-30(32-25)28(35)20-29(36)34(21-22-14-15-23-9-6-7-10-24(23)18-22)26-12-8-13-27(19-26)39(37,38)33(2)3/h6-10,12-19H,4-5,11,20-21H2,1-3H3. The fraction of sp³-hybridized carbons (Fsp3) is 0.267. The second-order valence-corrected chi connectivity index (χ2v) is 11.7. The summed E-state index contributed by atoms with van der Waals surface area (Å²) in [6.07, 6.45) is 3.76. The fourth-order valence-electron chi connectivity index (χ4n) is 4.21. The first-order chi connectivity index (χ1) is 18.7. The molecule has 0 aliphatic heterocycles. The average molecular weight is 545 g/mol. The number of carbonyl (C=O) groups is 2. The van der Waals surface area contributed by atoms with Crippen LogP contribution in [0.2, 0.25) is 0 Å². The van der Waals surface area contributed by atoms with Crippen LogP contribution < -0.4 is 4.90 Å². The normalized spacial score (nSPS) is 11.6. The Morgan fingerprint density at radius 1 is 0.897 bits per heavy atom. The summed E-state index contributed by atoms with van der Waals surface area (Å²) < 4.78 is 26.7. The number of hydrogen-bond acceptors (Lipinski definition) is 6. The Kier molecular flexibility index (Phi) is 8.83. The molecule has 0 atom stereocenters. The number of fused-ring (bicyclic) bond motifs is 1. The van der Waals surface area contributed by atoms with Crippen molar-refractivity contribution in [3.8, 4) is 0 Å². The number of nitrogens with zero attached hydrogens (tertiary/aromatic N) is 4. The molecular formula is C30H32N4O4S. The van der Waals surface area contributed by atoms with E-state index in [-0.39, 0.29) is 17.3 Å². The highest BCUT2D eigenvalue weighted by Crippen LogP contribution is 2.25. The second-order valence-electron chi connectivity index (χ2n) is 9.52. The van der Waals surface area contributed by atoms with Gasteiger partial charge in [-0.25, -0.2) is 22.7 Å². The fourth-order valence-corrected chi connectivity index (χ4v) is 5.15. The molecule has 0 N–H and O–H groups in total. The average Bonchev–Trinajstić information content (AvgIpc) is 2.94. The lowest BCUT2D eigenvalue weighted by Gasteiger charge is -2.24. The van der Waals surface area contributed by atoms with E-state index in [1.165, 1.54) is 37.3 Å². The zero-order valence-electron chi connectivity index (χ0n) is 22.4. The molecule has 39 heavy (non-hydrogen) atoms. The van der Waals surface area contributed by atoms with E-state index in [1.807, 2.05) is 42.5 Å². The number of rotatable bonds is 11. The Morgan fingerprint density at radius 3 is 2.41 bits per heavy atom. The van der Waals surface area contributed by atoms with Gasteiger partial charge in [-0.2, -0.15) is 0 Å². The highest BCUT2D eigenvalue weighted by Gasteiger charge is 2.24. The van der Waals surface area contributed by atoms with E-state index in [0.717, 1.165) is 45.6 Å². The first kappa shape index (κ1) is 28.1. The number of amides is 1. The number of anilines is 1. The maximum Gasteiger partial charge on any atom is 0.242 e. The number of ketones is 1. The lowest BCUT2D eigenvalue weighted by molar-refractivity contribution is -0.117. The van der Waals surface area contributed by atoms with Gasteiger partial charge < -0.3 is 4.90 Å². The van der Waals surface area contributed by atoms with E-state index in [4.69, 9.17) is 0 Å². The summed E-state index contributed by atoms with van der Waals surface area (Å²) in [5, 5.41) is 2.08. The molecule has 1 amide bonds. The first-order valence-electron chi connectivity index (χ1n) is 12.8. The Bertz CT molecular complexity index is 1600. The van der Waals surface area contributed by atoms with Gasteiger partial charge in [0.1, 0.15) is 0 Å². The van der Waals surface area contributed by atoms with Crippen LogP contribution in [-0.4, -0.2) is 48.5 Å². The predicted molar refractivity (Wildman–Crippen MR) is 152 cm³/mol. The summed E-state index contributed by atoms with van der Waals surface area (Å²) in [6.45, 7) is 2.23. The Balaban J connectivity index is 1.67. The molecule has 1 heterocycles. The van der Waals surface area contributed by atoms with Crippen molar-refractivity contribution in [2.75, 3.05) is 19.0 Å². The SMILES string of the molecule is CCCCc1ccnc(C(=O)CC(=O)N(Cc2ccc3ccccc3c2)c2cccc(S(=O)(=O)N(C)C)c2)n1. The van der Waals surface area contributed by atoms with E-state index in [0.29, 0.717) is 5.69 Å². The van der Waals surface area contributed by atoms with E-state index in [2.05, 4.69) is 16.9 Å². The van der Waals surface area contributed by atoms with Gasteiger partial charge in [-0.1, -0.05) is 55.8 Å². The molecule has 0 unspecified atom stereocenters. The zero-order chi connectivity index (χ0) is 28.0. The summed E-state index contributed by atoms with van der Waals surface area (Å²) in [7, 11) is -0.827. The van der Waals surface area contributed by atoms with Crippen LogP contribution >= 0.6 is 0 Å². The minimum absolute atomic E-state index is 0.00606. The highest BCUT2D eigenvalue weighted by atomic mass is 32.2. The third-order valence-electron chi connectivity index (χ3n) is 6.42. The van der Waals surface area contributed by atoms with Gasteiger partial charge in [0.15, 0.2) is 5.82 Å². The van der Waals surface area contributed by atoms with Crippen LogP contribution in [0.15, 0.2) is 83.9 Å². The van der Waals surface area contributed by atoms with Gasteiger partial charge in [0, 0.05) is 31.7 Å². The number of benzene rings is 3. The van der Waals surface area contributed by atoms with Crippen molar-refractivity contribution < 1.29 is 18.0 Å². The third kappa shape index (κ3) is 6.74. The van der Waals surface area contributed by atoms with Crippen LogP contribution in [0.4, 0.5) is 5.69 Å². The summed E-state index contributed by atoms with van der Waals surface area (Å²) in [5.74, 6) is -0.958. The van der Waals surface area contributed by atoms with Crippen LogP contribution in [-0.2, 0) is 27.8 Å². The van der Waals surface area contributed by atoms with Crippen molar-refractivity contribution >= 4 is 38.2 Å². The number of Topliss-reactive ketones (excluding diaryl/α,β-unsaturated/α-hetero) is 1. The number of aromatic nitrogens is 2. The molecule has 4 aromatic rings. The summed E-state index contributed by atoms with van der Waals surface area (Å²) in [6, 6.07) is 21.7. The number of aryl methyl sites for hydroxylation is 1. The topological polar surface area (TPSA) is 101 Å². The summed E-state index contributed by atoms with van der Waals surface area (Å²) in [4.78, 5) is 36.7. The molecule has 0 bridgehead atoms. The van der Waals surface area contributed by atoms with Gasteiger partial charge in [0.25, 0.3) is 0 Å². The monoisotopic (exact) mass is 544 g/mol. The number of sulfonamides is 1. The Morgan fingerprint density at radius 2 is 1.67 bits per heavy atom. The molecule has 0 saturated heterocycles. The van der Waals surface area contributed by atoms with Gasteiger partial charge in [0.2, 0.25) is 21.7 Å². The highest BCUT2D eigenvalue weighted by molar-refractivity contribution is 7.89. The van der Waals surface area contributed by atoms with Gasteiger partial charge in [-0.3, -0.25) is 9.59 Å². The molecule has 0 aliphatic carbocycles. The molecular weight excluding hydrogens is 512 g/mol. The molecule has 1 aromatic heterocycles. The molecule has 0 saturated carbocycles. The molecule has 202 valence electrons. The molecule has 4 rings (SSSR count). The maximum absolute atomic E-state index is 13.6. The molecule has 3 aromatic carbocycles. The smallest absolute Gasteiger partial charge is 0.242 e. The maximum atomic E-state index is 13.6. The number of unbranched alkanes of at least 4 members (excludes halogenated alkanes) is 1. The third-order valence-corrected chi connectivity index (χ3v) is 8.24. The van der Waals surface area contributed by atoms with E-state index in [9.17, 15) is 18.0 Å². The van der Waals surface area contributed by atoms with Crippen LogP contribution in [0, 0.1) is 0 Å². The van der Waals surface area contributed by atoms with Gasteiger partial charge in [0.05, 0.1) is 17.9 Å². The van der Waals surface area contributed by atoms with E-state index >= 15 is 0 Å². The molecule has 0 spiro atoms. The second kappa shape index (κ2) is 12.3. The quantitative estimate of drug-likeness (QED) is 0.194. The van der Waals surface area contributed by atoms with Crippen molar-refractivity contribution in [1.82, 2.24) is 14.3 Å². The molecule has 9 heteroatoms. The van der Waals surface area contributed by atoms with E-state index in [1.54, 1.807) is 18.2 Å². The van der Waals surface area contributed by atoms with Crippen LogP contribution in [0.3, 0.4) is 0 Å². The van der Waals surface area contributed by atoms with E-state index < -0.39 is 28.1 Å². The minimum Gasteiger partial charge on any atom is -0.308 e.